The summed E-state index contributed by atoms with van der Waals surface area (Å²) in [6.07, 6.45) is 1.72. The third-order valence-electron chi connectivity index (χ3n) is 3.39. The average molecular weight is 337 g/mol. The molecule has 1 aromatic carbocycles. The van der Waals surface area contributed by atoms with Gasteiger partial charge >= 0.3 is 0 Å². The quantitative estimate of drug-likeness (QED) is 0.688. The zero-order valence-electron chi connectivity index (χ0n) is 11.2. The first kappa shape index (κ1) is 14.9. The number of nitrogens with one attached hydrogen (secondary N) is 1. The summed E-state index contributed by atoms with van der Waals surface area (Å²) in [5.74, 6) is -3.12. The molecule has 4 nitrogen and oxygen atoms in total. The molecular formula is C15H10ClFN2O2S. The van der Waals surface area contributed by atoms with Crippen LogP contribution in [-0.4, -0.2) is 17.7 Å². The third-order valence-corrected chi connectivity index (χ3v) is 5.06. The molecule has 1 aliphatic carbocycles. The molecule has 1 heterocycles. The average Bonchev–Trinajstić information content (AvgIpc) is 3.22. The Morgan fingerprint density at radius 3 is 2.82 bits per heavy atom. The van der Waals surface area contributed by atoms with Crippen molar-refractivity contribution in [2.45, 2.75) is 18.9 Å². The number of rotatable bonds is 4. The van der Waals surface area contributed by atoms with Crippen LogP contribution in [0.5, 0.6) is 0 Å². The zero-order chi connectivity index (χ0) is 15.9. The van der Waals surface area contributed by atoms with E-state index in [1.165, 1.54) is 18.2 Å². The molecule has 0 radical (unpaired) electrons. The number of benzene rings is 1. The van der Waals surface area contributed by atoms with Crippen molar-refractivity contribution in [2.24, 2.45) is 5.92 Å². The third kappa shape index (κ3) is 2.70. The Kier molecular flexibility index (Phi) is 3.85. The number of Topliss-reactive ketones (excluding diaryl/α,β-unsaturated/α-hetero) is 1. The lowest BCUT2D eigenvalue weighted by Gasteiger charge is -2.07. The first-order valence-electron chi connectivity index (χ1n) is 6.63. The lowest BCUT2D eigenvalue weighted by Crippen LogP contribution is -2.35. The first-order chi connectivity index (χ1) is 10.5. The second-order valence-corrected chi connectivity index (χ2v) is 6.53. The molecule has 1 amide bonds. The molecule has 0 spiro atoms. The summed E-state index contributed by atoms with van der Waals surface area (Å²) in [5, 5.41) is 12.5. The van der Waals surface area contributed by atoms with E-state index < -0.39 is 23.4 Å². The van der Waals surface area contributed by atoms with Gasteiger partial charge in [-0.05, 0) is 31.0 Å². The SMILES string of the molecule is N#C[C@@H](C(=O)NC1CC1)C(=O)c1sc2cc(F)ccc2c1Cl. The van der Waals surface area contributed by atoms with E-state index in [0.717, 1.165) is 24.2 Å². The Labute approximate surface area is 134 Å². The van der Waals surface area contributed by atoms with E-state index in [1.807, 2.05) is 0 Å². The van der Waals surface area contributed by atoms with Gasteiger partial charge in [-0.1, -0.05) is 11.6 Å². The Bertz CT molecular complexity index is 823. The molecule has 22 heavy (non-hydrogen) atoms. The highest BCUT2D eigenvalue weighted by atomic mass is 35.5. The van der Waals surface area contributed by atoms with Crippen molar-refractivity contribution in [1.82, 2.24) is 5.32 Å². The van der Waals surface area contributed by atoms with Crippen molar-refractivity contribution < 1.29 is 14.0 Å². The summed E-state index contributed by atoms with van der Waals surface area (Å²) < 4.78 is 13.8. The van der Waals surface area contributed by atoms with Gasteiger partial charge in [0.2, 0.25) is 11.7 Å². The van der Waals surface area contributed by atoms with Gasteiger partial charge < -0.3 is 5.32 Å². The molecule has 1 atom stereocenters. The molecule has 1 aromatic heterocycles. The van der Waals surface area contributed by atoms with Gasteiger partial charge in [-0.3, -0.25) is 9.59 Å². The van der Waals surface area contributed by atoms with Gasteiger partial charge in [-0.25, -0.2) is 4.39 Å². The highest BCUT2D eigenvalue weighted by Gasteiger charge is 2.34. The van der Waals surface area contributed by atoms with Crippen LogP contribution in [0, 0.1) is 23.1 Å². The van der Waals surface area contributed by atoms with Crippen molar-refractivity contribution >= 4 is 44.7 Å². The molecule has 1 aliphatic rings. The van der Waals surface area contributed by atoms with Gasteiger partial charge in [0.1, 0.15) is 5.82 Å². The molecule has 3 rings (SSSR count). The van der Waals surface area contributed by atoms with Crippen LogP contribution in [0.25, 0.3) is 10.1 Å². The molecule has 0 saturated heterocycles. The molecule has 0 aliphatic heterocycles. The number of hydrogen-bond acceptors (Lipinski definition) is 4. The molecule has 2 aromatic rings. The predicted octanol–water partition coefficient (Wildman–Crippen LogP) is 3.29. The molecule has 0 unspecified atom stereocenters. The van der Waals surface area contributed by atoms with Gasteiger partial charge in [0.05, 0.1) is 16.0 Å². The number of halogens is 2. The second kappa shape index (κ2) is 5.67. The van der Waals surface area contributed by atoms with E-state index in [0.29, 0.717) is 10.1 Å². The summed E-state index contributed by atoms with van der Waals surface area (Å²) in [6, 6.07) is 5.78. The monoisotopic (exact) mass is 336 g/mol. The fourth-order valence-corrected chi connectivity index (χ4v) is 3.60. The number of carbonyl (C=O) groups is 2. The van der Waals surface area contributed by atoms with Crippen LogP contribution in [0.15, 0.2) is 18.2 Å². The topological polar surface area (TPSA) is 70.0 Å². The van der Waals surface area contributed by atoms with Gasteiger partial charge in [-0.2, -0.15) is 5.26 Å². The highest BCUT2D eigenvalue weighted by Crippen LogP contribution is 2.37. The maximum Gasteiger partial charge on any atom is 0.245 e. The van der Waals surface area contributed by atoms with Crippen LogP contribution in [0.3, 0.4) is 0 Å². The van der Waals surface area contributed by atoms with Crippen LogP contribution in [0.1, 0.15) is 22.5 Å². The van der Waals surface area contributed by atoms with Gasteiger partial charge in [0.25, 0.3) is 0 Å². The number of amides is 1. The van der Waals surface area contributed by atoms with Crippen molar-refractivity contribution in [1.29, 1.82) is 5.26 Å². The highest BCUT2D eigenvalue weighted by molar-refractivity contribution is 7.21. The van der Waals surface area contributed by atoms with E-state index in [4.69, 9.17) is 16.9 Å². The first-order valence-corrected chi connectivity index (χ1v) is 7.82. The summed E-state index contributed by atoms with van der Waals surface area (Å²) in [5.41, 5.74) is 0. The van der Waals surface area contributed by atoms with Crippen LogP contribution >= 0.6 is 22.9 Å². The fraction of sp³-hybridized carbons (Fsp3) is 0.267. The Balaban J connectivity index is 1.94. The molecule has 0 bridgehead atoms. The summed E-state index contributed by atoms with van der Waals surface area (Å²) in [6.45, 7) is 0. The molecule has 1 saturated carbocycles. The molecule has 1 N–H and O–H groups in total. The summed E-state index contributed by atoms with van der Waals surface area (Å²) in [7, 11) is 0. The molecule has 7 heteroatoms. The lowest BCUT2D eigenvalue weighted by atomic mass is 10.0. The van der Waals surface area contributed by atoms with Gasteiger partial charge in [-0.15, -0.1) is 11.3 Å². The molecule has 112 valence electrons. The Hall–Kier alpha value is -1.97. The normalized spacial score (nSPS) is 15.3. The maximum absolute atomic E-state index is 13.2. The smallest absolute Gasteiger partial charge is 0.245 e. The minimum absolute atomic E-state index is 0.0584. The van der Waals surface area contributed by atoms with Crippen LogP contribution in [0.2, 0.25) is 5.02 Å². The number of thiophene rings is 1. The van der Waals surface area contributed by atoms with Crippen LogP contribution in [0.4, 0.5) is 4.39 Å². The van der Waals surface area contributed by atoms with E-state index in [9.17, 15) is 14.0 Å². The Morgan fingerprint density at radius 1 is 1.45 bits per heavy atom. The van der Waals surface area contributed by atoms with E-state index in [-0.39, 0.29) is 15.9 Å². The van der Waals surface area contributed by atoms with Gasteiger partial charge in [0.15, 0.2) is 5.92 Å². The van der Waals surface area contributed by atoms with E-state index >= 15 is 0 Å². The fourth-order valence-electron chi connectivity index (χ4n) is 2.08. The van der Waals surface area contributed by atoms with Crippen molar-refractivity contribution in [3.63, 3.8) is 0 Å². The van der Waals surface area contributed by atoms with Crippen molar-refractivity contribution in [3.05, 3.63) is 33.9 Å². The maximum atomic E-state index is 13.2. The number of nitriles is 1. The van der Waals surface area contributed by atoms with Crippen molar-refractivity contribution in [3.8, 4) is 6.07 Å². The number of hydrogen-bond donors (Lipinski definition) is 1. The largest absolute Gasteiger partial charge is 0.352 e. The molecular weight excluding hydrogens is 327 g/mol. The minimum Gasteiger partial charge on any atom is -0.352 e. The predicted molar refractivity (Wildman–Crippen MR) is 81.4 cm³/mol. The summed E-state index contributed by atoms with van der Waals surface area (Å²) >= 11 is 7.14. The summed E-state index contributed by atoms with van der Waals surface area (Å²) in [4.78, 5) is 24.5. The minimum atomic E-state index is -1.43. The molecule has 1 fully saturated rings. The lowest BCUT2D eigenvalue weighted by molar-refractivity contribution is -0.122. The number of ketones is 1. The zero-order valence-corrected chi connectivity index (χ0v) is 12.8. The number of fused-ring (bicyclic) bond motifs is 1. The van der Waals surface area contributed by atoms with Crippen molar-refractivity contribution in [2.75, 3.05) is 0 Å². The van der Waals surface area contributed by atoms with Crippen LogP contribution < -0.4 is 5.32 Å². The second-order valence-electron chi connectivity index (χ2n) is 5.09. The number of nitrogens with zero attached hydrogens (tertiary/aromatic N) is 1. The van der Waals surface area contributed by atoms with Gasteiger partial charge in [0, 0.05) is 16.1 Å². The number of carbonyl (C=O) groups excluding carboxylic acids is 2. The van der Waals surface area contributed by atoms with E-state index in [2.05, 4.69) is 5.32 Å². The standard InChI is InChI=1S/C15H10ClFN2O2S/c16-12-9-4-1-7(17)5-11(9)22-14(12)13(20)10(6-18)15(21)19-8-2-3-8/h1,4-5,8,10H,2-3H2,(H,19,21)/t10-/m1/s1. The van der Waals surface area contributed by atoms with E-state index in [1.54, 1.807) is 6.07 Å². The van der Waals surface area contributed by atoms with Crippen LogP contribution in [-0.2, 0) is 4.79 Å². The Morgan fingerprint density at radius 2 is 2.18 bits per heavy atom.